The number of carbonyl (C=O) groups is 1. The van der Waals surface area contributed by atoms with Gasteiger partial charge in [0.05, 0.1) is 32.9 Å². The number of nitrogens with zero attached hydrogens (tertiary/aromatic N) is 1. The lowest BCUT2D eigenvalue weighted by atomic mass is 10.1. The second kappa shape index (κ2) is 7.34. The number of hydrogen-bond donors (Lipinski definition) is 1. The van der Waals surface area contributed by atoms with Crippen LogP contribution in [0.3, 0.4) is 0 Å². The molecule has 132 valence electrons. The van der Waals surface area contributed by atoms with Crippen molar-refractivity contribution in [1.29, 1.82) is 0 Å². The van der Waals surface area contributed by atoms with Crippen molar-refractivity contribution in [1.82, 2.24) is 0 Å². The highest BCUT2D eigenvalue weighted by Gasteiger charge is 2.16. The number of amides is 1. The van der Waals surface area contributed by atoms with Gasteiger partial charge in [-0.05, 0) is 29.8 Å². The molecule has 0 aliphatic carbocycles. The van der Waals surface area contributed by atoms with Gasteiger partial charge in [0.15, 0.2) is 11.5 Å². The molecular weight excluding hydrogens is 320 g/mol. The maximum Gasteiger partial charge on any atom is 0.228 e. The Kier molecular flexibility index (Phi) is 4.97. The Morgan fingerprint density at radius 1 is 1.16 bits per heavy atom. The van der Waals surface area contributed by atoms with Gasteiger partial charge in [-0.3, -0.25) is 4.79 Å². The molecular formula is C19H22N2O4. The summed E-state index contributed by atoms with van der Waals surface area (Å²) in [4.78, 5) is 14.5. The molecule has 0 fully saturated rings. The molecule has 2 aromatic rings. The lowest BCUT2D eigenvalue weighted by Gasteiger charge is -2.27. The lowest BCUT2D eigenvalue weighted by molar-refractivity contribution is -0.115. The van der Waals surface area contributed by atoms with Crippen LogP contribution in [-0.4, -0.2) is 40.3 Å². The van der Waals surface area contributed by atoms with Crippen LogP contribution in [0.2, 0.25) is 0 Å². The summed E-state index contributed by atoms with van der Waals surface area (Å²) in [5.74, 6) is 1.94. The molecule has 0 bridgehead atoms. The minimum Gasteiger partial charge on any atom is -0.493 e. The molecule has 0 unspecified atom stereocenters. The Hall–Kier alpha value is -2.89. The molecule has 6 nitrogen and oxygen atoms in total. The second-order valence-corrected chi connectivity index (χ2v) is 5.87. The van der Waals surface area contributed by atoms with Crippen LogP contribution in [0.1, 0.15) is 5.56 Å². The van der Waals surface area contributed by atoms with Crippen LogP contribution in [0.4, 0.5) is 11.4 Å². The van der Waals surface area contributed by atoms with Gasteiger partial charge < -0.3 is 24.4 Å². The van der Waals surface area contributed by atoms with E-state index in [0.717, 1.165) is 29.2 Å². The molecule has 1 heterocycles. The summed E-state index contributed by atoms with van der Waals surface area (Å²) in [5, 5.41) is 2.91. The predicted molar refractivity (Wildman–Crippen MR) is 97.1 cm³/mol. The van der Waals surface area contributed by atoms with Crippen molar-refractivity contribution in [3.63, 3.8) is 0 Å². The van der Waals surface area contributed by atoms with Crippen LogP contribution in [0.5, 0.6) is 17.2 Å². The molecule has 1 aliphatic heterocycles. The smallest absolute Gasteiger partial charge is 0.228 e. The molecule has 0 saturated carbocycles. The van der Waals surface area contributed by atoms with E-state index in [2.05, 4.69) is 10.2 Å². The lowest BCUT2D eigenvalue weighted by Crippen LogP contribution is -2.28. The van der Waals surface area contributed by atoms with E-state index in [0.29, 0.717) is 18.1 Å². The number of likely N-dealkylation sites (N-methyl/N-ethyl adjacent to an activating group) is 1. The van der Waals surface area contributed by atoms with E-state index < -0.39 is 0 Å². The third-order valence-corrected chi connectivity index (χ3v) is 4.15. The highest BCUT2D eigenvalue weighted by Crippen LogP contribution is 2.33. The molecule has 0 aromatic heterocycles. The highest BCUT2D eigenvalue weighted by molar-refractivity contribution is 5.93. The Labute approximate surface area is 147 Å². The van der Waals surface area contributed by atoms with Gasteiger partial charge in [0.25, 0.3) is 0 Å². The van der Waals surface area contributed by atoms with Gasteiger partial charge >= 0.3 is 0 Å². The van der Waals surface area contributed by atoms with E-state index in [-0.39, 0.29) is 12.3 Å². The summed E-state index contributed by atoms with van der Waals surface area (Å²) in [5.41, 5.74) is 2.60. The molecule has 0 saturated heterocycles. The summed E-state index contributed by atoms with van der Waals surface area (Å²) >= 11 is 0. The molecule has 0 atom stereocenters. The Morgan fingerprint density at radius 3 is 2.72 bits per heavy atom. The van der Waals surface area contributed by atoms with E-state index in [1.54, 1.807) is 20.3 Å². The van der Waals surface area contributed by atoms with Crippen LogP contribution in [-0.2, 0) is 11.2 Å². The zero-order valence-corrected chi connectivity index (χ0v) is 14.7. The predicted octanol–water partition coefficient (Wildman–Crippen LogP) is 2.71. The number of fused-ring (bicyclic) bond motifs is 1. The van der Waals surface area contributed by atoms with Gasteiger partial charge in [-0.2, -0.15) is 0 Å². The third-order valence-electron chi connectivity index (χ3n) is 4.15. The second-order valence-electron chi connectivity index (χ2n) is 5.87. The van der Waals surface area contributed by atoms with Crippen molar-refractivity contribution in [3.05, 3.63) is 42.0 Å². The van der Waals surface area contributed by atoms with Crippen molar-refractivity contribution in [2.24, 2.45) is 0 Å². The van der Waals surface area contributed by atoms with Gasteiger partial charge in [0.2, 0.25) is 5.91 Å². The SMILES string of the molecule is COc1ccc(CC(=O)Nc2ccc3c(c2)OCCN3C)cc1OC. The summed E-state index contributed by atoms with van der Waals surface area (Å²) in [7, 11) is 5.18. The van der Waals surface area contributed by atoms with Crippen molar-refractivity contribution in [2.45, 2.75) is 6.42 Å². The largest absolute Gasteiger partial charge is 0.493 e. The average Bonchev–Trinajstić information content (AvgIpc) is 2.61. The molecule has 3 rings (SSSR count). The monoisotopic (exact) mass is 342 g/mol. The average molecular weight is 342 g/mol. The minimum absolute atomic E-state index is 0.101. The van der Waals surface area contributed by atoms with Crippen molar-refractivity contribution in [3.8, 4) is 17.2 Å². The minimum atomic E-state index is -0.101. The first kappa shape index (κ1) is 17.0. The Balaban J connectivity index is 1.69. The fraction of sp³-hybridized carbons (Fsp3) is 0.316. The molecule has 0 spiro atoms. The van der Waals surface area contributed by atoms with Gasteiger partial charge in [0, 0.05) is 18.8 Å². The van der Waals surface area contributed by atoms with Crippen molar-refractivity contribution in [2.75, 3.05) is 44.6 Å². The molecule has 1 amide bonds. The fourth-order valence-corrected chi connectivity index (χ4v) is 2.82. The fourth-order valence-electron chi connectivity index (χ4n) is 2.82. The first-order valence-electron chi connectivity index (χ1n) is 8.09. The van der Waals surface area contributed by atoms with Gasteiger partial charge in [-0.15, -0.1) is 0 Å². The Bertz CT molecular complexity index is 776. The summed E-state index contributed by atoms with van der Waals surface area (Å²) < 4.78 is 16.1. The van der Waals surface area contributed by atoms with Crippen LogP contribution >= 0.6 is 0 Å². The number of anilines is 2. The molecule has 0 radical (unpaired) electrons. The van der Waals surface area contributed by atoms with Gasteiger partial charge in [-0.1, -0.05) is 6.07 Å². The zero-order valence-electron chi connectivity index (χ0n) is 14.7. The van der Waals surface area contributed by atoms with Crippen LogP contribution in [0, 0.1) is 0 Å². The summed E-state index contributed by atoms with van der Waals surface area (Å²) in [6.45, 7) is 1.50. The van der Waals surface area contributed by atoms with Crippen molar-refractivity contribution >= 4 is 17.3 Å². The van der Waals surface area contributed by atoms with Crippen LogP contribution in [0.15, 0.2) is 36.4 Å². The van der Waals surface area contributed by atoms with E-state index in [4.69, 9.17) is 14.2 Å². The zero-order chi connectivity index (χ0) is 17.8. The molecule has 25 heavy (non-hydrogen) atoms. The number of benzene rings is 2. The standard InChI is InChI=1S/C19H22N2O4/c1-21-8-9-25-17-12-14(5-6-15(17)21)20-19(22)11-13-4-7-16(23-2)18(10-13)24-3/h4-7,10,12H,8-9,11H2,1-3H3,(H,20,22). The normalized spacial score (nSPS) is 12.8. The van der Waals surface area contributed by atoms with Crippen molar-refractivity contribution < 1.29 is 19.0 Å². The van der Waals surface area contributed by atoms with Gasteiger partial charge in [-0.25, -0.2) is 0 Å². The topological polar surface area (TPSA) is 60.0 Å². The molecule has 1 N–H and O–H groups in total. The number of ether oxygens (including phenoxy) is 3. The first-order chi connectivity index (χ1) is 12.1. The van der Waals surface area contributed by atoms with E-state index in [1.807, 2.05) is 37.4 Å². The highest BCUT2D eigenvalue weighted by atomic mass is 16.5. The Morgan fingerprint density at radius 2 is 1.96 bits per heavy atom. The maximum atomic E-state index is 12.3. The van der Waals surface area contributed by atoms with Gasteiger partial charge in [0.1, 0.15) is 12.4 Å². The van der Waals surface area contributed by atoms with E-state index in [9.17, 15) is 4.79 Å². The van der Waals surface area contributed by atoms with Crippen LogP contribution < -0.4 is 24.4 Å². The number of hydrogen-bond acceptors (Lipinski definition) is 5. The van der Waals surface area contributed by atoms with Crippen LogP contribution in [0.25, 0.3) is 0 Å². The number of rotatable bonds is 5. The quantitative estimate of drug-likeness (QED) is 0.905. The summed E-state index contributed by atoms with van der Waals surface area (Å²) in [6.07, 6.45) is 0.248. The molecule has 6 heteroatoms. The number of carbonyl (C=O) groups excluding carboxylic acids is 1. The first-order valence-corrected chi connectivity index (χ1v) is 8.09. The number of nitrogens with one attached hydrogen (secondary N) is 1. The third kappa shape index (κ3) is 3.79. The summed E-state index contributed by atoms with van der Waals surface area (Å²) in [6, 6.07) is 11.2. The molecule has 2 aromatic carbocycles. The molecule has 1 aliphatic rings. The van der Waals surface area contributed by atoms with E-state index in [1.165, 1.54) is 0 Å². The maximum absolute atomic E-state index is 12.3. The number of methoxy groups -OCH3 is 2. The van der Waals surface area contributed by atoms with E-state index >= 15 is 0 Å².